The Bertz CT molecular complexity index is 177. The highest BCUT2D eigenvalue weighted by molar-refractivity contribution is 4.91. The molecule has 0 aromatic heterocycles. The van der Waals surface area contributed by atoms with E-state index >= 15 is 0 Å². The van der Waals surface area contributed by atoms with E-state index < -0.39 is 0 Å². The van der Waals surface area contributed by atoms with Crippen LogP contribution >= 0.6 is 0 Å². The first-order valence-corrected chi connectivity index (χ1v) is 6.30. The van der Waals surface area contributed by atoms with Crippen LogP contribution in [-0.4, -0.2) is 36.6 Å². The molecule has 0 amide bonds. The molecule has 1 aliphatic carbocycles. The van der Waals surface area contributed by atoms with Crippen LogP contribution in [0.4, 0.5) is 0 Å². The van der Waals surface area contributed by atoms with E-state index in [0.29, 0.717) is 0 Å². The molecule has 0 spiro atoms. The molecule has 2 heteroatoms. The zero-order chi connectivity index (χ0) is 9.97. The minimum atomic E-state index is 0.763. The van der Waals surface area contributed by atoms with Crippen LogP contribution in [-0.2, 0) is 0 Å². The van der Waals surface area contributed by atoms with Crippen molar-refractivity contribution in [2.45, 2.75) is 51.6 Å². The fourth-order valence-corrected chi connectivity index (χ4v) is 2.71. The third-order valence-corrected chi connectivity index (χ3v) is 3.70. The summed E-state index contributed by atoms with van der Waals surface area (Å²) in [4.78, 5) is 2.73. The van der Waals surface area contributed by atoms with Crippen LogP contribution in [0.2, 0.25) is 0 Å². The van der Waals surface area contributed by atoms with Crippen LogP contribution in [0.5, 0.6) is 0 Å². The molecular weight excluding hydrogens is 172 g/mol. The number of hydrogen-bond donors (Lipinski definition) is 1. The first-order chi connectivity index (χ1) is 6.83. The summed E-state index contributed by atoms with van der Waals surface area (Å²) in [5.74, 6) is 0.938. The third kappa shape index (κ3) is 2.48. The second-order valence-electron chi connectivity index (χ2n) is 4.95. The van der Waals surface area contributed by atoms with E-state index in [1.165, 1.54) is 38.8 Å². The fraction of sp³-hybridized carbons (Fsp3) is 1.00. The number of piperidine rings is 1. The maximum absolute atomic E-state index is 3.62. The Morgan fingerprint density at radius 2 is 2.00 bits per heavy atom. The number of likely N-dealkylation sites (N-methyl/N-ethyl adjacent to an activating group) is 1. The molecule has 0 aromatic rings. The van der Waals surface area contributed by atoms with Crippen LogP contribution in [0.3, 0.4) is 0 Å². The van der Waals surface area contributed by atoms with Crippen LogP contribution in [0.15, 0.2) is 0 Å². The smallest absolute Gasteiger partial charge is 0.0198 e. The van der Waals surface area contributed by atoms with Crippen LogP contribution in [0.1, 0.15) is 39.5 Å². The lowest BCUT2D eigenvalue weighted by Crippen LogP contribution is -2.49. The molecule has 2 unspecified atom stereocenters. The Morgan fingerprint density at radius 1 is 1.21 bits per heavy atom. The first kappa shape index (κ1) is 10.4. The van der Waals surface area contributed by atoms with Gasteiger partial charge in [0, 0.05) is 25.2 Å². The summed E-state index contributed by atoms with van der Waals surface area (Å²) in [6.07, 6.45) is 5.66. The average Bonchev–Trinajstić information content (AvgIpc) is 3.01. The lowest BCUT2D eigenvalue weighted by Gasteiger charge is -2.38. The highest BCUT2D eigenvalue weighted by Crippen LogP contribution is 2.31. The molecule has 1 heterocycles. The van der Waals surface area contributed by atoms with Gasteiger partial charge in [-0.1, -0.05) is 20.3 Å². The summed E-state index contributed by atoms with van der Waals surface area (Å²) in [6.45, 7) is 8.35. The van der Waals surface area contributed by atoms with E-state index in [9.17, 15) is 0 Å². The Balaban J connectivity index is 1.87. The van der Waals surface area contributed by atoms with Crippen molar-refractivity contribution in [3.8, 4) is 0 Å². The predicted molar refractivity (Wildman–Crippen MR) is 60.5 cm³/mol. The Morgan fingerprint density at radius 3 is 2.57 bits per heavy atom. The van der Waals surface area contributed by atoms with Gasteiger partial charge in [0.15, 0.2) is 0 Å². The van der Waals surface area contributed by atoms with Gasteiger partial charge >= 0.3 is 0 Å². The highest BCUT2D eigenvalue weighted by Gasteiger charge is 2.35. The molecule has 0 bridgehead atoms. The van der Waals surface area contributed by atoms with Gasteiger partial charge in [0.05, 0.1) is 0 Å². The van der Waals surface area contributed by atoms with E-state index in [4.69, 9.17) is 0 Å². The van der Waals surface area contributed by atoms with Gasteiger partial charge in [-0.3, -0.25) is 4.90 Å². The molecule has 1 saturated carbocycles. The molecule has 0 radical (unpaired) electrons. The van der Waals surface area contributed by atoms with Crippen LogP contribution in [0.25, 0.3) is 0 Å². The van der Waals surface area contributed by atoms with Crippen molar-refractivity contribution in [2.75, 3.05) is 19.6 Å². The number of nitrogens with one attached hydrogen (secondary N) is 1. The van der Waals surface area contributed by atoms with Gasteiger partial charge in [0.2, 0.25) is 0 Å². The number of nitrogens with zero attached hydrogens (tertiary/aromatic N) is 1. The standard InChI is InChI=1S/C12H24N2/c1-3-10-7-11(13-4-2)9-14(8-10)12-5-6-12/h10-13H,3-9H2,1-2H3. The minimum Gasteiger partial charge on any atom is -0.313 e. The Kier molecular flexibility index (Phi) is 3.45. The molecule has 1 aliphatic heterocycles. The summed E-state index contributed by atoms with van der Waals surface area (Å²) in [7, 11) is 0. The number of hydrogen-bond acceptors (Lipinski definition) is 2. The maximum atomic E-state index is 3.62. The molecule has 2 atom stereocenters. The van der Waals surface area contributed by atoms with Crippen LogP contribution < -0.4 is 5.32 Å². The second-order valence-corrected chi connectivity index (χ2v) is 4.95. The zero-order valence-electron chi connectivity index (χ0n) is 9.63. The molecule has 14 heavy (non-hydrogen) atoms. The van der Waals surface area contributed by atoms with Crippen molar-refractivity contribution in [1.29, 1.82) is 0 Å². The SMILES string of the molecule is CCNC1CC(CC)CN(C2CC2)C1. The second kappa shape index (κ2) is 4.63. The largest absolute Gasteiger partial charge is 0.313 e. The first-order valence-electron chi connectivity index (χ1n) is 6.30. The molecular formula is C12H24N2. The molecule has 1 saturated heterocycles. The van der Waals surface area contributed by atoms with Gasteiger partial charge in [-0.05, 0) is 31.7 Å². The molecule has 1 N–H and O–H groups in total. The fourth-order valence-electron chi connectivity index (χ4n) is 2.71. The number of rotatable bonds is 4. The predicted octanol–water partition coefficient (Wildman–Crippen LogP) is 1.86. The van der Waals surface area contributed by atoms with E-state index in [-0.39, 0.29) is 0 Å². The van der Waals surface area contributed by atoms with Gasteiger partial charge in [-0.15, -0.1) is 0 Å². The number of likely N-dealkylation sites (tertiary alicyclic amines) is 1. The van der Waals surface area contributed by atoms with Gasteiger partial charge < -0.3 is 5.32 Å². The summed E-state index contributed by atoms with van der Waals surface area (Å²) in [5, 5.41) is 3.62. The summed E-state index contributed by atoms with van der Waals surface area (Å²) in [5.41, 5.74) is 0. The zero-order valence-corrected chi connectivity index (χ0v) is 9.63. The van der Waals surface area contributed by atoms with E-state index in [1.54, 1.807) is 0 Å². The molecule has 2 rings (SSSR count). The Hall–Kier alpha value is -0.0800. The minimum absolute atomic E-state index is 0.763. The monoisotopic (exact) mass is 196 g/mol. The lowest BCUT2D eigenvalue weighted by molar-refractivity contribution is 0.132. The van der Waals surface area contributed by atoms with Crippen molar-refractivity contribution in [1.82, 2.24) is 10.2 Å². The van der Waals surface area contributed by atoms with Crippen molar-refractivity contribution in [3.05, 3.63) is 0 Å². The molecule has 2 nitrogen and oxygen atoms in total. The van der Waals surface area contributed by atoms with Gasteiger partial charge in [0.25, 0.3) is 0 Å². The molecule has 2 fully saturated rings. The maximum Gasteiger partial charge on any atom is 0.0198 e. The van der Waals surface area contributed by atoms with Gasteiger partial charge in [0.1, 0.15) is 0 Å². The van der Waals surface area contributed by atoms with Crippen molar-refractivity contribution in [2.24, 2.45) is 5.92 Å². The molecule has 0 aromatic carbocycles. The van der Waals surface area contributed by atoms with E-state index in [0.717, 1.165) is 24.5 Å². The van der Waals surface area contributed by atoms with Crippen LogP contribution in [0, 0.1) is 5.92 Å². The third-order valence-electron chi connectivity index (χ3n) is 3.70. The summed E-state index contributed by atoms with van der Waals surface area (Å²) >= 11 is 0. The summed E-state index contributed by atoms with van der Waals surface area (Å²) < 4.78 is 0. The topological polar surface area (TPSA) is 15.3 Å². The summed E-state index contributed by atoms with van der Waals surface area (Å²) in [6, 6.07) is 1.71. The van der Waals surface area contributed by atoms with E-state index in [2.05, 4.69) is 24.1 Å². The van der Waals surface area contributed by atoms with Crippen molar-refractivity contribution < 1.29 is 0 Å². The van der Waals surface area contributed by atoms with E-state index in [1.807, 2.05) is 0 Å². The van der Waals surface area contributed by atoms with Crippen molar-refractivity contribution in [3.63, 3.8) is 0 Å². The quantitative estimate of drug-likeness (QED) is 0.738. The molecule has 82 valence electrons. The normalized spacial score (nSPS) is 34.7. The highest BCUT2D eigenvalue weighted by atomic mass is 15.2. The van der Waals surface area contributed by atoms with Gasteiger partial charge in [-0.25, -0.2) is 0 Å². The Labute approximate surface area is 88.1 Å². The van der Waals surface area contributed by atoms with Gasteiger partial charge in [-0.2, -0.15) is 0 Å². The van der Waals surface area contributed by atoms with Crippen molar-refractivity contribution >= 4 is 0 Å². The average molecular weight is 196 g/mol. The molecule has 2 aliphatic rings. The lowest BCUT2D eigenvalue weighted by atomic mass is 9.92.